The molecule has 1 heterocycles. The van der Waals surface area contributed by atoms with Crippen LogP contribution in [0.3, 0.4) is 0 Å². The molecule has 7 nitrogen and oxygen atoms in total. The predicted molar refractivity (Wildman–Crippen MR) is 68.6 cm³/mol. The van der Waals surface area contributed by atoms with Gasteiger partial charge in [0, 0.05) is 6.42 Å². The molecule has 0 unspecified atom stereocenters. The van der Waals surface area contributed by atoms with Crippen molar-refractivity contribution in [2.45, 2.75) is 12.8 Å². The standard InChI is InChI=1S/C12H12F2N4O3/c1-15-4-2-3-11-16-17-12(21-11)7-5-8(13)9(14)6-10(7)18(19)20/h5-6,15H,2-4H2,1H3. The SMILES string of the molecule is CNCCCc1nnc(-c2cc(F)c(F)cc2[N+](=O)[O-])o1. The van der Waals surface area contributed by atoms with E-state index in [1.165, 1.54) is 0 Å². The molecule has 0 aliphatic carbocycles. The third-order valence-corrected chi connectivity index (χ3v) is 2.75. The number of hydrogen-bond donors (Lipinski definition) is 1. The molecule has 1 aromatic carbocycles. The van der Waals surface area contributed by atoms with E-state index in [9.17, 15) is 18.9 Å². The van der Waals surface area contributed by atoms with Crippen molar-refractivity contribution in [1.82, 2.24) is 15.5 Å². The topological polar surface area (TPSA) is 94.1 Å². The summed E-state index contributed by atoms with van der Waals surface area (Å²) in [4.78, 5) is 10.1. The second-order valence-corrected chi connectivity index (χ2v) is 4.25. The van der Waals surface area contributed by atoms with Crippen molar-refractivity contribution in [3.8, 4) is 11.5 Å². The highest BCUT2D eigenvalue weighted by molar-refractivity contribution is 5.66. The molecule has 0 aliphatic rings. The first-order chi connectivity index (χ1) is 10.0. The average Bonchev–Trinajstić information content (AvgIpc) is 2.90. The molecule has 2 aromatic rings. The highest BCUT2D eigenvalue weighted by atomic mass is 19.2. The summed E-state index contributed by atoms with van der Waals surface area (Å²) in [6, 6.07) is 1.17. The molecule has 0 spiro atoms. The summed E-state index contributed by atoms with van der Waals surface area (Å²) in [5.41, 5.74) is -0.870. The van der Waals surface area contributed by atoms with E-state index in [0.717, 1.165) is 13.0 Å². The second kappa shape index (κ2) is 6.35. The van der Waals surface area contributed by atoms with Gasteiger partial charge in [0.2, 0.25) is 5.89 Å². The van der Waals surface area contributed by atoms with E-state index >= 15 is 0 Å². The van der Waals surface area contributed by atoms with Crippen LogP contribution in [-0.2, 0) is 6.42 Å². The van der Waals surface area contributed by atoms with Crippen LogP contribution in [0.5, 0.6) is 0 Å². The van der Waals surface area contributed by atoms with E-state index in [0.29, 0.717) is 18.6 Å². The summed E-state index contributed by atoms with van der Waals surface area (Å²) in [7, 11) is 1.80. The van der Waals surface area contributed by atoms with E-state index in [-0.39, 0.29) is 17.3 Å². The van der Waals surface area contributed by atoms with Gasteiger partial charge >= 0.3 is 0 Å². The Labute approximate surface area is 118 Å². The smallest absolute Gasteiger partial charge is 0.285 e. The lowest BCUT2D eigenvalue weighted by molar-refractivity contribution is -0.384. The molecule has 1 N–H and O–H groups in total. The zero-order chi connectivity index (χ0) is 15.4. The number of rotatable bonds is 6. The van der Waals surface area contributed by atoms with Gasteiger partial charge in [0.05, 0.1) is 11.0 Å². The van der Waals surface area contributed by atoms with Crippen molar-refractivity contribution < 1.29 is 18.1 Å². The minimum atomic E-state index is -1.31. The summed E-state index contributed by atoms with van der Waals surface area (Å²) in [6.45, 7) is 0.739. The van der Waals surface area contributed by atoms with Gasteiger partial charge in [-0.15, -0.1) is 10.2 Å². The molecule has 112 valence electrons. The van der Waals surface area contributed by atoms with E-state index in [4.69, 9.17) is 4.42 Å². The van der Waals surface area contributed by atoms with Gasteiger partial charge in [-0.3, -0.25) is 10.1 Å². The van der Waals surface area contributed by atoms with Crippen LogP contribution in [0.2, 0.25) is 0 Å². The molecule has 1 aromatic heterocycles. The highest BCUT2D eigenvalue weighted by Gasteiger charge is 2.24. The normalized spacial score (nSPS) is 10.8. The van der Waals surface area contributed by atoms with Gasteiger partial charge in [-0.2, -0.15) is 0 Å². The number of hydrogen-bond acceptors (Lipinski definition) is 6. The van der Waals surface area contributed by atoms with Crippen molar-refractivity contribution in [3.05, 3.63) is 39.8 Å². The maximum atomic E-state index is 13.3. The molecule has 0 saturated carbocycles. The molecule has 0 radical (unpaired) electrons. The van der Waals surface area contributed by atoms with Gasteiger partial charge in [-0.05, 0) is 26.1 Å². The molecular weight excluding hydrogens is 286 g/mol. The molecule has 2 rings (SSSR count). The maximum Gasteiger partial charge on any atom is 0.285 e. The first-order valence-corrected chi connectivity index (χ1v) is 6.13. The lowest BCUT2D eigenvalue weighted by atomic mass is 10.1. The fraction of sp³-hybridized carbons (Fsp3) is 0.333. The molecule has 0 bridgehead atoms. The van der Waals surface area contributed by atoms with Crippen LogP contribution in [0.4, 0.5) is 14.5 Å². The zero-order valence-electron chi connectivity index (χ0n) is 11.1. The largest absolute Gasteiger partial charge is 0.420 e. The monoisotopic (exact) mass is 298 g/mol. The first kappa shape index (κ1) is 15.0. The van der Waals surface area contributed by atoms with Crippen molar-refractivity contribution in [2.75, 3.05) is 13.6 Å². The maximum absolute atomic E-state index is 13.3. The van der Waals surface area contributed by atoms with Gasteiger partial charge in [-0.25, -0.2) is 8.78 Å². The van der Waals surface area contributed by atoms with Crippen molar-refractivity contribution in [3.63, 3.8) is 0 Å². The Kier molecular flexibility index (Phi) is 4.53. The van der Waals surface area contributed by atoms with Crippen LogP contribution in [0, 0.1) is 21.7 Å². The van der Waals surface area contributed by atoms with Crippen molar-refractivity contribution in [2.24, 2.45) is 0 Å². The van der Waals surface area contributed by atoms with Crippen molar-refractivity contribution >= 4 is 5.69 Å². The van der Waals surface area contributed by atoms with Crippen LogP contribution >= 0.6 is 0 Å². The molecule has 0 fully saturated rings. The Hall–Kier alpha value is -2.42. The van der Waals surface area contributed by atoms with E-state index in [1.54, 1.807) is 7.05 Å². The summed E-state index contributed by atoms with van der Waals surface area (Å²) in [5.74, 6) is -2.45. The molecule has 0 saturated heterocycles. The average molecular weight is 298 g/mol. The zero-order valence-corrected chi connectivity index (χ0v) is 11.1. The Morgan fingerprint density at radius 1 is 1.33 bits per heavy atom. The summed E-state index contributed by atoms with van der Waals surface area (Å²) >= 11 is 0. The lowest BCUT2D eigenvalue weighted by Gasteiger charge is -2.00. The third-order valence-electron chi connectivity index (χ3n) is 2.75. The number of benzene rings is 1. The fourth-order valence-electron chi connectivity index (χ4n) is 1.74. The minimum Gasteiger partial charge on any atom is -0.420 e. The quantitative estimate of drug-likeness (QED) is 0.498. The lowest BCUT2D eigenvalue weighted by Crippen LogP contribution is -2.08. The van der Waals surface area contributed by atoms with Crippen LogP contribution in [0.1, 0.15) is 12.3 Å². The van der Waals surface area contributed by atoms with Gasteiger partial charge in [-0.1, -0.05) is 0 Å². The van der Waals surface area contributed by atoms with E-state index in [1.807, 2.05) is 0 Å². The number of nitrogens with one attached hydrogen (secondary N) is 1. The van der Waals surface area contributed by atoms with Crippen LogP contribution in [-0.4, -0.2) is 28.7 Å². The molecule has 0 atom stereocenters. The van der Waals surface area contributed by atoms with Crippen LogP contribution < -0.4 is 5.32 Å². The fourth-order valence-corrected chi connectivity index (χ4v) is 1.74. The van der Waals surface area contributed by atoms with Gasteiger partial charge in [0.25, 0.3) is 11.6 Å². The van der Waals surface area contributed by atoms with Gasteiger partial charge in [0.15, 0.2) is 11.6 Å². The number of nitro benzene ring substituents is 1. The summed E-state index contributed by atoms with van der Waals surface area (Å²) in [6.07, 6.45) is 1.21. The van der Waals surface area contributed by atoms with Gasteiger partial charge in [0.1, 0.15) is 5.56 Å². The number of nitro groups is 1. The summed E-state index contributed by atoms with van der Waals surface area (Å²) < 4.78 is 31.6. The Balaban J connectivity index is 2.33. The predicted octanol–water partition coefficient (Wildman–Crippen LogP) is 2.07. The third kappa shape index (κ3) is 3.37. The molecule has 9 heteroatoms. The Morgan fingerprint density at radius 2 is 2.05 bits per heavy atom. The number of nitrogens with zero attached hydrogens (tertiary/aromatic N) is 3. The summed E-state index contributed by atoms with van der Waals surface area (Å²) in [5, 5.41) is 21.2. The van der Waals surface area contributed by atoms with Crippen LogP contribution in [0.15, 0.2) is 16.5 Å². The van der Waals surface area contributed by atoms with Crippen molar-refractivity contribution in [1.29, 1.82) is 0 Å². The molecule has 0 amide bonds. The molecule has 21 heavy (non-hydrogen) atoms. The van der Waals surface area contributed by atoms with E-state index < -0.39 is 22.2 Å². The number of aryl methyl sites for hydroxylation is 1. The number of aromatic nitrogens is 2. The van der Waals surface area contributed by atoms with E-state index in [2.05, 4.69) is 15.5 Å². The second-order valence-electron chi connectivity index (χ2n) is 4.25. The number of halogens is 2. The first-order valence-electron chi connectivity index (χ1n) is 6.13. The Bertz CT molecular complexity index is 660. The van der Waals surface area contributed by atoms with Gasteiger partial charge < -0.3 is 9.73 Å². The molecule has 0 aliphatic heterocycles. The van der Waals surface area contributed by atoms with Crippen LogP contribution in [0.25, 0.3) is 11.5 Å². The molecular formula is C12H12F2N4O3. The highest BCUT2D eigenvalue weighted by Crippen LogP contribution is 2.31. The Morgan fingerprint density at radius 3 is 2.71 bits per heavy atom. The minimum absolute atomic E-state index is 0.208.